The van der Waals surface area contributed by atoms with E-state index in [1.807, 2.05) is 76.3 Å². The average molecular weight is 554 g/mol. The van der Waals surface area contributed by atoms with Crippen LogP contribution in [0.4, 0.5) is 4.79 Å². The fourth-order valence-corrected chi connectivity index (χ4v) is 5.10. The van der Waals surface area contributed by atoms with Crippen LogP contribution >= 0.6 is 11.8 Å². The maximum absolute atomic E-state index is 11.8. The van der Waals surface area contributed by atoms with Crippen molar-refractivity contribution in [2.24, 2.45) is 0 Å². The molecule has 39 heavy (non-hydrogen) atoms. The number of amides is 1. The summed E-state index contributed by atoms with van der Waals surface area (Å²) in [6.07, 6.45) is -0.411. The Morgan fingerprint density at radius 1 is 1.05 bits per heavy atom. The van der Waals surface area contributed by atoms with Crippen molar-refractivity contribution in [1.82, 2.24) is 14.8 Å². The largest absolute Gasteiger partial charge is 0.497 e. The van der Waals surface area contributed by atoms with Gasteiger partial charge in [0.25, 0.3) is 0 Å². The van der Waals surface area contributed by atoms with Gasteiger partial charge in [-0.05, 0) is 71.1 Å². The molecule has 1 N–H and O–H groups in total. The highest BCUT2D eigenvalue weighted by Gasteiger charge is 2.29. The van der Waals surface area contributed by atoms with Crippen LogP contribution in [0.25, 0.3) is 5.69 Å². The number of hydrogen-bond donors (Lipinski definition) is 1. The number of esters is 1. The van der Waals surface area contributed by atoms with Crippen molar-refractivity contribution in [2.75, 3.05) is 27.2 Å². The molecule has 3 aromatic rings. The number of thioether (sulfide) groups is 1. The molecule has 2 heterocycles. The Hall–Kier alpha value is -3.43. The number of hydrogen-bond acceptors (Lipinski definition) is 7. The molecule has 9 heteroatoms. The molecule has 1 aromatic heterocycles. The highest BCUT2D eigenvalue weighted by atomic mass is 32.2. The van der Waals surface area contributed by atoms with Crippen LogP contribution in [0.1, 0.15) is 50.1 Å². The zero-order valence-corrected chi connectivity index (χ0v) is 24.6. The van der Waals surface area contributed by atoms with Gasteiger partial charge in [0.15, 0.2) is 5.44 Å². The lowest BCUT2D eigenvalue weighted by molar-refractivity contribution is -0.142. The molecule has 0 saturated carbocycles. The van der Waals surface area contributed by atoms with Gasteiger partial charge in [-0.2, -0.15) is 0 Å². The quantitative estimate of drug-likeness (QED) is 0.354. The summed E-state index contributed by atoms with van der Waals surface area (Å²) in [6, 6.07) is 20.1. The summed E-state index contributed by atoms with van der Waals surface area (Å²) in [7, 11) is 3.68. The molecule has 1 atom stereocenters. The topological polar surface area (TPSA) is 82.0 Å². The Labute approximate surface area is 235 Å². The number of rotatable bonds is 7. The first kappa shape index (κ1) is 30.1. The number of benzene rings is 2. The van der Waals surface area contributed by atoms with Crippen LogP contribution < -0.4 is 10.1 Å². The number of ether oxygens (including phenoxy) is 3. The van der Waals surface area contributed by atoms with Crippen molar-refractivity contribution < 1.29 is 23.8 Å². The molecule has 2 aromatic carbocycles. The highest BCUT2D eigenvalue weighted by Crippen LogP contribution is 2.45. The molecule has 1 unspecified atom stereocenters. The first-order valence-electron chi connectivity index (χ1n) is 12.9. The molecule has 0 bridgehead atoms. The number of aryl methyl sites for hydroxylation is 1. The summed E-state index contributed by atoms with van der Waals surface area (Å²) in [5.74, 6) is 0.618. The second-order valence-corrected chi connectivity index (χ2v) is 11.4. The predicted octanol–water partition coefficient (Wildman–Crippen LogP) is 6.10. The predicted molar refractivity (Wildman–Crippen MR) is 154 cm³/mol. The van der Waals surface area contributed by atoms with Crippen molar-refractivity contribution >= 4 is 23.8 Å². The third-order valence-electron chi connectivity index (χ3n) is 5.70. The maximum Gasteiger partial charge on any atom is 0.407 e. The number of methoxy groups -OCH3 is 1. The van der Waals surface area contributed by atoms with Crippen molar-refractivity contribution in [2.45, 2.75) is 57.1 Å². The number of carbonyl (C=O) groups is 2. The van der Waals surface area contributed by atoms with Crippen molar-refractivity contribution in [3.63, 3.8) is 0 Å². The molecule has 1 aliphatic heterocycles. The normalized spacial score (nSPS) is 13.9. The zero-order valence-electron chi connectivity index (χ0n) is 23.8. The van der Waals surface area contributed by atoms with Gasteiger partial charge in [-0.15, -0.1) is 0 Å². The summed E-state index contributed by atoms with van der Waals surface area (Å²) < 4.78 is 18.0. The van der Waals surface area contributed by atoms with Gasteiger partial charge in [0, 0.05) is 37.1 Å². The Bertz CT molecular complexity index is 1250. The third kappa shape index (κ3) is 9.07. The number of carbonyl (C=O) groups excluding carboxylic acids is 2. The van der Waals surface area contributed by atoms with Crippen molar-refractivity contribution in [3.05, 3.63) is 77.6 Å². The van der Waals surface area contributed by atoms with Gasteiger partial charge in [-0.1, -0.05) is 41.6 Å². The van der Waals surface area contributed by atoms with Crippen LogP contribution in [0.3, 0.4) is 0 Å². The molecular formula is C30H39N3O5S. The van der Waals surface area contributed by atoms with Crippen LogP contribution in [0, 0.1) is 6.92 Å². The number of para-hydroxylation sites is 1. The number of nitrogens with one attached hydrogen (secondary N) is 1. The van der Waals surface area contributed by atoms with Gasteiger partial charge in [-0.25, -0.2) is 4.79 Å². The van der Waals surface area contributed by atoms with Crippen molar-refractivity contribution in [3.8, 4) is 11.4 Å². The fourth-order valence-electron chi connectivity index (χ4n) is 3.94. The Kier molecular flexibility index (Phi) is 10.5. The van der Waals surface area contributed by atoms with Gasteiger partial charge in [0.05, 0.1) is 18.5 Å². The van der Waals surface area contributed by atoms with Gasteiger partial charge < -0.3 is 24.1 Å². The maximum atomic E-state index is 11.8. The minimum absolute atomic E-state index is 0.300. The lowest BCUT2D eigenvalue weighted by Gasteiger charge is -2.28. The van der Waals surface area contributed by atoms with E-state index in [0.717, 1.165) is 27.7 Å². The number of fused-ring (bicyclic) bond motifs is 3. The van der Waals surface area contributed by atoms with Gasteiger partial charge in [-0.3, -0.25) is 9.69 Å². The molecule has 4 rings (SSSR count). The lowest BCUT2D eigenvalue weighted by Crippen LogP contribution is -2.37. The first-order chi connectivity index (χ1) is 18.5. The molecule has 1 amide bonds. The summed E-state index contributed by atoms with van der Waals surface area (Å²) in [5, 5.41) is 2.79. The molecule has 0 fully saturated rings. The molecule has 210 valence electrons. The molecular weight excluding hydrogens is 514 g/mol. The standard InChI is InChI=1S/C22H29N3O4S.C8H10O/c1-15(26)28-20-18-11-10-16(25(18)17-8-6-7-9-19(17)30-20)14-24(5)13-12-23-21(27)29-22(2,3)4;1-7-3-5-8(9-2)6-4-7/h6-11,20H,12-14H2,1-5H3,(H,23,27);3-6H,1-2H3. The van der Waals surface area contributed by atoms with E-state index in [-0.39, 0.29) is 11.4 Å². The molecule has 0 saturated heterocycles. The van der Waals surface area contributed by atoms with Gasteiger partial charge in [0.2, 0.25) is 0 Å². The summed E-state index contributed by atoms with van der Waals surface area (Å²) in [6.45, 7) is 10.8. The van der Waals surface area contributed by atoms with E-state index < -0.39 is 11.7 Å². The summed E-state index contributed by atoms with van der Waals surface area (Å²) >= 11 is 1.54. The zero-order chi connectivity index (χ0) is 28.6. The molecule has 8 nitrogen and oxygen atoms in total. The Morgan fingerprint density at radius 3 is 2.38 bits per heavy atom. The summed E-state index contributed by atoms with van der Waals surface area (Å²) in [4.78, 5) is 26.6. The van der Waals surface area contributed by atoms with Crippen LogP contribution in [-0.2, 0) is 20.8 Å². The number of likely N-dealkylation sites (N-methyl/N-ethyl adjacent to an activating group) is 1. The molecule has 0 aliphatic carbocycles. The van der Waals surface area contributed by atoms with E-state index in [4.69, 9.17) is 14.2 Å². The van der Waals surface area contributed by atoms with Gasteiger partial charge >= 0.3 is 12.1 Å². The molecule has 0 radical (unpaired) electrons. The number of nitrogens with zero attached hydrogens (tertiary/aromatic N) is 2. The van der Waals surface area contributed by atoms with Gasteiger partial charge in [0.1, 0.15) is 11.4 Å². The van der Waals surface area contributed by atoms with E-state index in [1.165, 1.54) is 12.5 Å². The second-order valence-electron chi connectivity index (χ2n) is 10.3. The lowest BCUT2D eigenvalue weighted by atomic mass is 10.2. The molecule has 1 aliphatic rings. The fraction of sp³-hybridized carbons (Fsp3) is 0.400. The monoisotopic (exact) mass is 553 g/mol. The van der Waals surface area contributed by atoms with Crippen molar-refractivity contribution in [1.29, 1.82) is 0 Å². The minimum Gasteiger partial charge on any atom is -0.497 e. The Morgan fingerprint density at radius 2 is 1.74 bits per heavy atom. The highest BCUT2D eigenvalue weighted by molar-refractivity contribution is 7.99. The van der Waals surface area contributed by atoms with E-state index in [1.54, 1.807) is 18.9 Å². The van der Waals surface area contributed by atoms with E-state index in [0.29, 0.717) is 19.6 Å². The Balaban J connectivity index is 0.000000395. The van der Waals surface area contributed by atoms with Crippen LogP contribution in [0.2, 0.25) is 0 Å². The SMILES string of the molecule is CC(=O)OC1Sc2ccccc2-n2c(CN(C)CCNC(=O)OC(C)(C)C)ccc21.COc1ccc(C)cc1. The first-order valence-corrected chi connectivity index (χ1v) is 13.7. The van der Waals surface area contributed by atoms with Crippen LogP contribution in [0.5, 0.6) is 5.75 Å². The second kappa shape index (κ2) is 13.6. The number of aromatic nitrogens is 1. The van der Waals surface area contributed by atoms with E-state index in [9.17, 15) is 9.59 Å². The number of alkyl carbamates (subject to hydrolysis) is 1. The molecule has 0 spiro atoms. The summed E-state index contributed by atoms with van der Waals surface area (Å²) in [5.41, 5.74) is 3.51. The smallest absolute Gasteiger partial charge is 0.407 e. The van der Waals surface area contributed by atoms with E-state index >= 15 is 0 Å². The third-order valence-corrected chi connectivity index (χ3v) is 6.85. The van der Waals surface area contributed by atoms with Crippen LogP contribution in [0.15, 0.2) is 65.6 Å². The average Bonchev–Trinajstić information content (AvgIpc) is 3.28. The van der Waals surface area contributed by atoms with Crippen LogP contribution in [-0.4, -0.2) is 54.4 Å². The van der Waals surface area contributed by atoms with E-state index in [2.05, 4.69) is 33.8 Å². The minimum atomic E-state index is -0.509.